The van der Waals surface area contributed by atoms with Gasteiger partial charge >= 0.3 is 0 Å². The van der Waals surface area contributed by atoms with E-state index in [4.69, 9.17) is 16.3 Å². The zero-order chi connectivity index (χ0) is 29.3. The quantitative estimate of drug-likeness (QED) is 0.269. The fourth-order valence-electron chi connectivity index (χ4n) is 5.08. The number of ether oxygens (including phenoxy) is 1. The van der Waals surface area contributed by atoms with E-state index >= 15 is 0 Å². The lowest BCUT2D eigenvalue weighted by atomic mass is 9.99. The van der Waals surface area contributed by atoms with E-state index in [1.54, 1.807) is 24.4 Å². The van der Waals surface area contributed by atoms with E-state index in [9.17, 15) is 28.5 Å². The van der Waals surface area contributed by atoms with Crippen LogP contribution in [0.25, 0.3) is 10.8 Å². The van der Waals surface area contributed by atoms with Crippen LogP contribution in [0.15, 0.2) is 47.2 Å². The van der Waals surface area contributed by atoms with Gasteiger partial charge < -0.3 is 20.3 Å². The fraction of sp³-hybridized carbons (Fsp3) is 0.370. The molecule has 0 radical (unpaired) electrons. The molecule has 2 aliphatic heterocycles. The summed E-state index contributed by atoms with van der Waals surface area (Å²) in [5, 5.41) is 19.9. The predicted molar refractivity (Wildman–Crippen MR) is 152 cm³/mol. The lowest BCUT2D eigenvalue weighted by Gasteiger charge is -2.35. The molecule has 3 aromatic rings. The highest BCUT2D eigenvalue weighted by atomic mass is 79.9. The SMILES string of the molecule is O=C(N[C@H]1COCC[C@H]1Nc1c(C(=O)N2CCC(F)(F)CC2)cc(Br)cc1[N+](=O)[O-])c1cncc2cc(Cl)ccc12. The van der Waals surface area contributed by atoms with Gasteiger partial charge in [-0.3, -0.25) is 24.7 Å². The molecule has 14 heteroatoms. The summed E-state index contributed by atoms with van der Waals surface area (Å²) in [5.74, 6) is -3.88. The summed E-state index contributed by atoms with van der Waals surface area (Å²) in [6.45, 7) is 0.0764. The van der Waals surface area contributed by atoms with Crippen LogP contribution in [-0.4, -0.2) is 70.9 Å². The maximum absolute atomic E-state index is 13.7. The Balaban J connectivity index is 1.43. The number of aromatic nitrogens is 1. The van der Waals surface area contributed by atoms with Crippen LogP contribution in [-0.2, 0) is 4.74 Å². The molecule has 2 N–H and O–H groups in total. The van der Waals surface area contributed by atoms with E-state index in [2.05, 4.69) is 31.5 Å². The van der Waals surface area contributed by atoms with Gasteiger partial charge in [-0.05, 0) is 30.0 Å². The second-order valence-electron chi connectivity index (χ2n) is 10.00. The molecule has 0 aliphatic carbocycles. The third-order valence-electron chi connectivity index (χ3n) is 7.26. The predicted octanol–water partition coefficient (Wildman–Crippen LogP) is 5.43. The summed E-state index contributed by atoms with van der Waals surface area (Å²) in [6.07, 6.45) is 2.43. The van der Waals surface area contributed by atoms with Crippen molar-refractivity contribution in [1.82, 2.24) is 15.2 Å². The Kier molecular flexibility index (Phi) is 8.39. The summed E-state index contributed by atoms with van der Waals surface area (Å²) >= 11 is 9.31. The normalized spacial score (nSPS) is 20.4. The zero-order valence-corrected chi connectivity index (χ0v) is 23.9. The van der Waals surface area contributed by atoms with Crippen LogP contribution in [0.3, 0.4) is 0 Å². The Morgan fingerprint density at radius 3 is 2.63 bits per heavy atom. The molecular weight excluding hydrogens is 628 g/mol. The Morgan fingerprint density at radius 2 is 1.90 bits per heavy atom. The van der Waals surface area contributed by atoms with Crippen LogP contribution < -0.4 is 10.6 Å². The molecular formula is C27H25BrClF2N5O5. The highest BCUT2D eigenvalue weighted by Crippen LogP contribution is 2.36. The number of nitro benzene ring substituents is 1. The number of amides is 2. The molecule has 41 heavy (non-hydrogen) atoms. The topological polar surface area (TPSA) is 127 Å². The number of halogens is 4. The highest BCUT2D eigenvalue weighted by molar-refractivity contribution is 9.10. The third-order valence-corrected chi connectivity index (χ3v) is 7.95. The minimum Gasteiger partial charge on any atom is -0.379 e. The van der Waals surface area contributed by atoms with Crippen molar-refractivity contribution < 1.29 is 28.0 Å². The second-order valence-corrected chi connectivity index (χ2v) is 11.4. The lowest BCUT2D eigenvalue weighted by molar-refractivity contribution is -0.384. The Bertz CT molecular complexity index is 1520. The Morgan fingerprint density at radius 1 is 1.15 bits per heavy atom. The number of alkyl halides is 2. The first-order chi connectivity index (χ1) is 19.5. The number of hydrogen-bond acceptors (Lipinski definition) is 7. The van der Waals surface area contributed by atoms with E-state index in [1.807, 2.05) is 0 Å². The van der Waals surface area contributed by atoms with Crippen molar-refractivity contribution in [2.24, 2.45) is 0 Å². The largest absolute Gasteiger partial charge is 0.379 e. The molecule has 2 aliphatic rings. The summed E-state index contributed by atoms with van der Waals surface area (Å²) in [6, 6.07) is 6.61. The molecule has 1 aromatic heterocycles. The third kappa shape index (κ3) is 6.41. The molecule has 5 rings (SSSR count). The molecule has 2 amide bonds. The van der Waals surface area contributed by atoms with E-state index in [1.165, 1.54) is 23.2 Å². The summed E-state index contributed by atoms with van der Waals surface area (Å²) < 4.78 is 33.4. The molecule has 10 nitrogen and oxygen atoms in total. The van der Waals surface area contributed by atoms with Gasteiger partial charge in [-0.2, -0.15) is 0 Å². The highest BCUT2D eigenvalue weighted by Gasteiger charge is 2.38. The van der Waals surface area contributed by atoms with Crippen molar-refractivity contribution in [3.05, 3.63) is 73.5 Å². The van der Waals surface area contributed by atoms with Crippen molar-refractivity contribution in [1.29, 1.82) is 0 Å². The maximum atomic E-state index is 13.7. The van der Waals surface area contributed by atoms with Crippen molar-refractivity contribution in [3.8, 4) is 0 Å². The van der Waals surface area contributed by atoms with Crippen molar-refractivity contribution in [2.45, 2.75) is 37.3 Å². The van der Waals surface area contributed by atoms with Gasteiger partial charge in [0.15, 0.2) is 0 Å². The number of likely N-dealkylation sites (tertiary alicyclic amines) is 1. The first-order valence-corrected chi connectivity index (χ1v) is 14.0. The number of nitrogens with zero attached hydrogens (tertiary/aromatic N) is 3. The van der Waals surface area contributed by atoms with Crippen LogP contribution in [0.5, 0.6) is 0 Å². The first-order valence-electron chi connectivity index (χ1n) is 12.9. The van der Waals surface area contributed by atoms with Gasteiger partial charge in [0.05, 0.1) is 34.7 Å². The molecule has 2 atom stereocenters. The van der Waals surface area contributed by atoms with E-state index in [-0.39, 0.29) is 36.6 Å². The number of hydrogen-bond donors (Lipinski definition) is 2. The second kappa shape index (κ2) is 11.8. The van der Waals surface area contributed by atoms with Gasteiger partial charge in [0.2, 0.25) is 0 Å². The Labute approximate surface area is 246 Å². The number of pyridine rings is 1. The van der Waals surface area contributed by atoms with Crippen molar-refractivity contribution >= 4 is 61.5 Å². The molecule has 0 spiro atoms. The van der Waals surface area contributed by atoms with E-state index < -0.39 is 47.6 Å². The Hall–Kier alpha value is -3.42. The van der Waals surface area contributed by atoms with E-state index in [0.29, 0.717) is 38.9 Å². The van der Waals surface area contributed by atoms with Crippen molar-refractivity contribution in [3.63, 3.8) is 0 Å². The summed E-state index contributed by atoms with van der Waals surface area (Å²) in [5.41, 5.74) is -0.121. The molecule has 3 heterocycles. The van der Waals surface area contributed by atoms with Crippen LogP contribution >= 0.6 is 27.5 Å². The van der Waals surface area contributed by atoms with Crippen LogP contribution in [0, 0.1) is 10.1 Å². The van der Waals surface area contributed by atoms with Gasteiger partial charge in [-0.25, -0.2) is 8.78 Å². The number of carbonyl (C=O) groups excluding carboxylic acids is 2. The minimum absolute atomic E-state index is 0.0250. The standard InChI is InChI=1S/C27H25BrClF2N5O5/c28-16-10-19(26(38)35-6-4-27(30,31)5-7-35)24(23(11-16)36(39)40)33-21-3-8-41-14-22(21)34-25(37)20-13-32-12-15-9-17(29)1-2-18(15)20/h1-2,9-13,21-22,33H,3-8,14H2,(H,34,37)/t21-,22+/m1/s1. The smallest absolute Gasteiger partial charge is 0.294 e. The number of nitro groups is 1. The van der Waals surface area contributed by atoms with Crippen LogP contribution in [0.4, 0.5) is 20.2 Å². The molecule has 0 bridgehead atoms. The molecule has 0 unspecified atom stereocenters. The summed E-state index contributed by atoms with van der Waals surface area (Å²) in [4.78, 5) is 43.7. The van der Waals surface area contributed by atoms with Crippen molar-refractivity contribution in [2.75, 3.05) is 31.6 Å². The number of nitrogens with one attached hydrogen (secondary N) is 2. The number of anilines is 1. The summed E-state index contributed by atoms with van der Waals surface area (Å²) in [7, 11) is 0. The van der Waals surface area contributed by atoms with Gasteiger partial charge in [0, 0.05) is 65.9 Å². The van der Waals surface area contributed by atoms with E-state index in [0.717, 1.165) is 0 Å². The molecule has 2 fully saturated rings. The zero-order valence-electron chi connectivity index (χ0n) is 21.5. The lowest BCUT2D eigenvalue weighted by Crippen LogP contribution is -2.53. The number of rotatable bonds is 6. The van der Waals surface area contributed by atoms with Gasteiger partial charge in [-0.15, -0.1) is 0 Å². The van der Waals surface area contributed by atoms with Crippen LogP contribution in [0.1, 0.15) is 40.0 Å². The molecule has 0 saturated carbocycles. The average Bonchev–Trinajstić information content (AvgIpc) is 2.93. The van der Waals surface area contributed by atoms with Gasteiger partial charge in [-0.1, -0.05) is 33.6 Å². The minimum atomic E-state index is -2.86. The maximum Gasteiger partial charge on any atom is 0.294 e. The number of benzene rings is 2. The molecule has 2 saturated heterocycles. The number of carbonyl (C=O) groups is 2. The van der Waals surface area contributed by atoms with Crippen LogP contribution in [0.2, 0.25) is 5.02 Å². The fourth-order valence-corrected chi connectivity index (χ4v) is 5.70. The first kappa shape index (κ1) is 29.1. The molecule has 2 aromatic carbocycles. The van der Waals surface area contributed by atoms with Gasteiger partial charge in [0.1, 0.15) is 5.69 Å². The monoisotopic (exact) mass is 651 g/mol. The molecule has 216 valence electrons. The number of fused-ring (bicyclic) bond motifs is 1. The average molecular weight is 653 g/mol. The van der Waals surface area contributed by atoms with Gasteiger partial charge in [0.25, 0.3) is 23.4 Å². The number of piperidine rings is 1.